The molecule has 0 radical (unpaired) electrons. The highest BCUT2D eigenvalue weighted by Crippen LogP contribution is 2.25. The van der Waals surface area contributed by atoms with Gasteiger partial charge in [0.1, 0.15) is 12.1 Å². The van der Waals surface area contributed by atoms with Crippen LogP contribution >= 0.6 is 0 Å². The summed E-state index contributed by atoms with van der Waals surface area (Å²) in [5, 5.41) is 3.47. The summed E-state index contributed by atoms with van der Waals surface area (Å²) in [5.74, 6) is 2.40. The van der Waals surface area contributed by atoms with Gasteiger partial charge >= 0.3 is 0 Å². The van der Waals surface area contributed by atoms with Gasteiger partial charge in [-0.2, -0.15) is 0 Å². The molecule has 1 N–H and O–H groups in total. The lowest BCUT2D eigenvalue weighted by Crippen LogP contribution is -2.25. The van der Waals surface area contributed by atoms with Crippen molar-refractivity contribution in [2.75, 3.05) is 11.9 Å². The number of ether oxygens (including phenoxy) is 1. The van der Waals surface area contributed by atoms with E-state index in [-0.39, 0.29) is 0 Å². The second-order valence-corrected chi connectivity index (χ2v) is 4.78. The first-order valence-electron chi connectivity index (χ1n) is 6.49. The van der Waals surface area contributed by atoms with Gasteiger partial charge in [-0.05, 0) is 38.5 Å². The van der Waals surface area contributed by atoms with Gasteiger partial charge in [-0.1, -0.05) is 6.92 Å². The van der Waals surface area contributed by atoms with Crippen LogP contribution in [0.1, 0.15) is 39.5 Å². The third-order valence-corrected chi connectivity index (χ3v) is 3.30. The largest absolute Gasteiger partial charge is 0.478 e. The van der Waals surface area contributed by atoms with Crippen LogP contribution in [0, 0.1) is 5.92 Å². The van der Waals surface area contributed by atoms with Crippen LogP contribution in [0.2, 0.25) is 0 Å². The van der Waals surface area contributed by atoms with E-state index in [0.29, 0.717) is 18.5 Å². The Morgan fingerprint density at radius 1 is 1.29 bits per heavy atom. The summed E-state index contributed by atoms with van der Waals surface area (Å²) in [6, 6.07) is 2.43. The van der Waals surface area contributed by atoms with Crippen molar-refractivity contribution in [1.29, 1.82) is 0 Å². The zero-order valence-electron chi connectivity index (χ0n) is 10.6. The zero-order chi connectivity index (χ0) is 12.1. The van der Waals surface area contributed by atoms with E-state index in [2.05, 4.69) is 22.2 Å². The third-order valence-electron chi connectivity index (χ3n) is 3.30. The molecule has 0 amide bonds. The van der Waals surface area contributed by atoms with Gasteiger partial charge in [0, 0.05) is 12.1 Å². The van der Waals surface area contributed by atoms with E-state index >= 15 is 0 Å². The van der Waals surface area contributed by atoms with Gasteiger partial charge in [0.05, 0.1) is 6.61 Å². The fraction of sp³-hybridized carbons (Fsp3) is 0.692. The molecule has 17 heavy (non-hydrogen) atoms. The SMILES string of the molecule is CCOc1cc(NC2CCC(C)CC2)ncn1. The van der Waals surface area contributed by atoms with Crippen molar-refractivity contribution in [3.8, 4) is 5.88 Å². The zero-order valence-corrected chi connectivity index (χ0v) is 10.6. The standard InChI is InChI=1S/C13H21N3O/c1-3-17-13-8-12(14-9-15-13)16-11-6-4-10(2)5-7-11/h8-11H,3-7H2,1-2H3,(H,14,15,16). The molecule has 2 rings (SSSR count). The molecule has 1 aliphatic carbocycles. The second kappa shape index (κ2) is 5.84. The molecule has 1 fully saturated rings. The first kappa shape index (κ1) is 12.1. The molecule has 1 aromatic rings. The summed E-state index contributed by atoms with van der Waals surface area (Å²) < 4.78 is 5.36. The number of hydrogen-bond donors (Lipinski definition) is 1. The van der Waals surface area contributed by atoms with Gasteiger partial charge in [0.25, 0.3) is 0 Å². The minimum Gasteiger partial charge on any atom is -0.478 e. The minimum absolute atomic E-state index is 0.551. The summed E-state index contributed by atoms with van der Waals surface area (Å²) >= 11 is 0. The number of nitrogens with zero attached hydrogens (tertiary/aromatic N) is 2. The maximum absolute atomic E-state index is 5.36. The molecule has 0 atom stereocenters. The molecule has 1 heterocycles. The Labute approximate surface area is 103 Å². The van der Waals surface area contributed by atoms with Crippen molar-refractivity contribution in [3.63, 3.8) is 0 Å². The van der Waals surface area contributed by atoms with Gasteiger partial charge < -0.3 is 10.1 Å². The maximum atomic E-state index is 5.36. The third kappa shape index (κ3) is 3.58. The van der Waals surface area contributed by atoms with Crippen molar-refractivity contribution in [2.45, 2.75) is 45.6 Å². The molecule has 4 nitrogen and oxygen atoms in total. The number of aromatic nitrogens is 2. The molecule has 94 valence electrons. The summed E-state index contributed by atoms with van der Waals surface area (Å²) in [6.45, 7) is 4.92. The van der Waals surface area contributed by atoms with Crippen molar-refractivity contribution < 1.29 is 4.74 Å². The first-order chi connectivity index (χ1) is 8.28. The van der Waals surface area contributed by atoms with E-state index in [0.717, 1.165) is 11.7 Å². The fourth-order valence-corrected chi connectivity index (χ4v) is 2.26. The Bertz CT molecular complexity index is 348. The van der Waals surface area contributed by atoms with Gasteiger partial charge in [0.15, 0.2) is 0 Å². The van der Waals surface area contributed by atoms with Crippen LogP contribution < -0.4 is 10.1 Å². The molecule has 1 saturated carbocycles. The topological polar surface area (TPSA) is 47.0 Å². The summed E-state index contributed by atoms with van der Waals surface area (Å²) in [5.41, 5.74) is 0. The highest BCUT2D eigenvalue weighted by molar-refractivity contribution is 5.38. The Morgan fingerprint density at radius 2 is 2.06 bits per heavy atom. The molecular weight excluding hydrogens is 214 g/mol. The van der Waals surface area contributed by atoms with Crippen LogP contribution in [0.15, 0.2) is 12.4 Å². The van der Waals surface area contributed by atoms with Crippen molar-refractivity contribution in [2.24, 2.45) is 5.92 Å². The number of nitrogens with one attached hydrogen (secondary N) is 1. The van der Waals surface area contributed by atoms with Gasteiger partial charge in [-0.25, -0.2) is 9.97 Å². The molecule has 0 spiro atoms. The minimum atomic E-state index is 0.551. The van der Waals surface area contributed by atoms with Crippen molar-refractivity contribution in [3.05, 3.63) is 12.4 Å². The highest BCUT2D eigenvalue weighted by Gasteiger charge is 2.18. The van der Waals surface area contributed by atoms with Crippen molar-refractivity contribution in [1.82, 2.24) is 9.97 Å². The molecule has 0 saturated heterocycles. The quantitative estimate of drug-likeness (QED) is 0.871. The maximum Gasteiger partial charge on any atom is 0.218 e. The molecule has 0 unspecified atom stereocenters. The number of rotatable bonds is 4. The van der Waals surface area contributed by atoms with E-state index in [1.165, 1.54) is 25.7 Å². The molecule has 1 aromatic heterocycles. The molecule has 4 heteroatoms. The van der Waals surface area contributed by atoms with Crippen LogP contribution in [0.4, 0.5) is 5.82 Å². The summed E-state index contributed by atoms with van der Waals surface area (Å²) in [7, 11) is 0. The Hall–Kier alpha value is -1.32. The van der Waals surface area contributed by atoms with Crippen LogP contribution in [-0.2, 0) is 0 Å². The number of hydrogen-bond acceptors (Lipinski definition) is 4. The molecule has 0 bridgehead atoms. The molecular formula is C13H21N3O. The summed E-state index contributed by atoms with van der Waals surface area (Å²) in [6.07, 6.45) is 6.63. The van der Waals surface area contributed by atoms with Crippen LogP contribution in [-0.4, -0.2) is 22.6 Å². The normalized spacial score (nSPS) is 24.4. The van der Waals surface area contributed by atoms with Crippen molar-refractivity contribution >= 4 is 5.82 Å². The lowest BCUT2D eigenvalue weighted by Gasteiger charge is -2.27. The van der Waals surface area contributed by atoms with Crippen LogP contribution in [0.25, 0.3) is 0 Å². The van der Waals surface area contributed by atoms with E-state index in [1.54, 1.807) is 6.33 Å². The molecule has 0 aliphatic heterocycles. The first-order valence-corrected chi connectivity index (χ1v) is 6.49. The van der Waals surface area contributed by atoms with Gasteiger partial charge in [0.2, 0.25) is 5.88 Å². The van der Waals surface area contributed by atoms with E-state index in [1.807, 2.05) is 13.0 Å². The second-order valence-electron chi connectivity index (χ2n) is 4.78. The highest BCUT2D eigenvalue weighted by atomic mass is 16.5. The van der Waals surface area contributed by atoms with Crippen LogP contribution in [0.3, 0.4) is 0 Å². The Balaban J connectivity index is 1.91. The van der Waals surface area contributed by atoms with Gasteiger partial charge in [-0.15, -0.1) is 0 Å². The lowest BCUT2D eigenvalue weighted by atomic mass is 9.87. The summed E-state index contributed by atoms with van der Waals surface area (Å²) in [4.78, 5) is 8.29. The van der Waals surface area contributed by atoms with Crippen LogP contribution in [0.5, 0.6) is 5.88 Å². The Morgan fingerprint density at radius 3 is 2.76 bits per heavy atom. The fourth-order valence-electron chi connectivity index (χ4n) is 2.26. The lowest BCUT2D eigenvalue weighted by molar-refractivity contribution is 0.326. The number of anilines is 1. The predicted molar refractivity (Wildman–Crippen MR) is 68.2 cm³/mol. The Kier molecular flexibility index (Phi) is 4.18. The monoisotopic (exact) mass is 235 g/mol. The van der Waals surface area contributed by atoms with Gasteiger partial charge in [-0.3, -0.25) is 0 Å². The average Bonchev–Trinajstić information content (AvgIpc) is 2.33. The molecule has 1 aliphatic rings. The van der Waals surface area contributed by atoms with E-state index in [4.69, 9.17) is 4.74 Å². The van der Waals surface area contributed by atoms with E-state index < -0.39 is 0 Å². The molecule has 0 aromatic carbocycles. The smallest absolute Gasteiger partial charge is 0.218 e. The predicted octanol–water partition coefficient (Wildman–Crippen LogP) is 2.87. The van der Waals surface area contributed by atoms with E-state index in [9.17, 15) is 0 Å². The average molecular weight is 235 g/mol.